The van der Waals surface area contributed by atoms with Crippen molar-refractivity contribution in [2.45, 2.75) is 51.7 Å². The summed E-state index contributed by atoms with van der Waals surface area (Å²) in [5.74, 6) is -1.80. The van der Waals surface area contributed by atoms with E-state index in [2.05, 4.69) is 26.1 Å². The highest BCUT2D eigenvalue weighted by molar-refractivity contribution is 5.83. The number of rotatable bonds is 1. The van der Waals surface area contributed by atoms with Gasteiger partial charge in [0.2, 0.25) is 0 Å². The van der Waals surface area contributed by atoms with Crippen molar-refractivity contribution in [1.29, 1.82) is 0 Å². The predicted octanol–water partition coefficient (Wildman–Crippen LogP) is 2.63. The number of amides is 1. The van der Waals surface area contributed by atoms with E-state index in [0.717, 1.165) is 0 Å². The second-order valence-electron chi connectivity index (χ2n) is 6.29. The molecular weight excluding hydrogens is 219 g/mol. The molecule has 3 fully saturated rings. The van der Waals surface area contributed by atoms with E-state index < -0.39 is 17.6 Å². The minimum absolute atomic E-state index is 0.109. The topological polar surface area (TPSA) is 29.1 Å². The van der Waals surface area contributed by atoms with Crippen molar-refractivity contribution >= 4 is 5.91 Å². The Morgan fingerprint density at radius 2 is 1.56 bits per heavy atom. The highest BCUT2D eigenvalue weighted by Crippen LogP contribution is 2.74. The lowest BCUT2D eigenvalue weighted by Gasteiger charge is -2.75. The monoisotopic (exact) mass is 235 g/mol. The van der Waals surface area contributed by atoms with Crippen molar-refractivity contribution < 1.29 is 18.0 Å². The fourth-order valence-corrected chi connectivity index (χ4v) is 3.03. The molecule has 3 saturated carbocycles. The van der Waals surface area contributed by atoms with E-state index in [1.165, 1.54) is 0 Å². The molecule has 16 heavy (non-hydrogen) atoms. The van der Waals surface area contributed by atoms with E-state index in [-0.39, 0.29) is 10.8 Å². The standard InChI is InChI=1S/C11H16F3NO/c1-8(2,3)9-4-10(5-9,6-9)15-7(16)11(12,13)14/h4-6H2,1-3H3,(H,15,16). The number of hydrogen-bond acceptors (Lipinski definition) is 1. The Hall–Kier alpha value is -0.740. The van der Waals surface area contributed by atoms with Crippen molar-refractivity contribution in [2.75, 3.05) is 0 Å². The molecule has 0 heterocycles. The molecule has 2 bridgehead atoms. The molecule has 1 N–H and O–H groups in total. The highest BCUT2D eigenvalue weighted by Gasteiger charge is 2.72. The maximum atomic E-state index is 12.1. The summed E-state index contributed by atoms with van der Waals surface area (Å²) in [6.07, 6.45) is -2.70. The molecule has 0 aromatic carbocycles. The van der Waals surface area contributed by atoms with Crippen LogP contribution >= 0.6 is 0 Å². The second kappa shape index (κ2) is 2.74. The zero-order valence-corrected chi connectivity index (χ0v) is 9.66. The minimum Gasteiger partial charge on any atom is -0.343 e. The third-order valence-electron chi connectivity index (χ3n) is 4.26. The Balaban J connectivity index is 1.93. The van der Waals surface area contributed by atoms with Crippen molar-refractivity contribution in [1.82, 2.24) is 5.32 Å². The second-order valence-corrected chi connectivity index (χ2v) is 6.29. The predicted molar refractivity (Wildman–Crippen MR) is 52.7 cm³/mol. The van der Waals surface area contributed by atoms with Gasteiger partial charge in [-0.05, 0) is 30.1 Å². The maximum Gasteiger partial charge on any atom is 0.471 e. The van der Waals surface area contributed by atoms with Gasteiger partial charge in [-0.2, -0.15) is 13.2 Å². The van der Waals surface area contributed by atoms with E-state index in [1.807, 2.05) is 0 Å². The summed E-state index contributed by atoms with van der Waals surface area (Å²) in [5.41, 5.74) is -0.302. The zero-order chi connectivity index (χ0) is 12.4. The van der Waals surface area contributed by atoms with Crippen LogP contribution in [0.2, 0.25) is 0 Å². The third kappa shape index (κ3) is 1.44. The van der Waals surface area contributed by atoms with Crippen LogP contribution < -0.4 is 5.32 Å². The smallest absolute Gasteiger partial charge is 0.343 e. The van der Waals surface area contributed by atoms with E-state index in [0.29, 0.717) is 19.3 Å². The zero-order valence-electron chi connectivity index (χ0n) is 9.66. The molecule has 1 amide bonds. The molecule has 3 aliphatic rings. The van der Waals surface area contributed by atoms with Crippen LogP contribution in [0.15, 0.2) is 0 Å². The Labute approximate surface area is 92.6 Å². The third-order valence-corrected chi connectivity index (χ3v) is 4.26. The lowest BCUT2D eigenvalue weighted by atomic mass is 9.33. The van der Waals surface area contributed by atoms with Crippen LogP contribution in [0.1, 0.15) is 40.0 Å². The molecule has 0 aromatic rings. The first-order chi connectivity index (χ1) is 7.00. The molecule has 0 atom stereocenters. The minimum atomic E-state index is -4.76. The molecule has 3 aliphatic carbocycles. The maximum absolute atomic E-state index is 12.1. The first-order valence-electron chi connectivity index (χ1n) is 5.39. The van der Waals surface area contributed by atoms with Crippen molar-refractivity contribution in [2.24, 2.45) is 10.8 Å². The molecule has 3 rings (SSSR count). The van der Waals surface area contributed by atoms with Crippen LogP contribution in [0.25, 0.3) is 0 Å². The molecule has 0 radical (unpaired) electrons. The van der Waals surface area contributed by atoms with Crippen molar-refractivity contribution in [3.63, 3.8) is 0 Å². The fraction of sp³-hybridized carbons (Fsp3) is 0.909. The quantitative estimate of drug-likeness (QED) is 0.743. The Bertz CT molecular complexity index is 320. The number of halogens is 3. The summed E-state index contributed by atoms with van der Waals surface area (Å²) in [7, 11) is 0. The van der Waals surface area contributed by atoms with Gasteiger partial charge >= 0.3 is 12.1 Å². The Kier molecular flexibility index (Phi) is 2.01. The van der Waals surface area contributed by atoms with E-state index in [1.54, 1.807) is 0 Å². The fourth-order valence-electron chi connectivity index (χ4n) is 3.03. The van der Waals surface area contributed by atoms with Crippen LogP contribution in [0.3, 0.4) is 0 Å². The average molecular weight is 235 g/mol. The van der Waals surface area contributed by atoms with Gasteiger partial charge < -0.3 is 5.32 Å². The van der Waals surface area contributed by atoms with Gasteiger partial charge in [0.05, 0.1) is 0 Å². The number of carbonyl (C=O) groups is 1. The van der Waals surface area contributed by atoms with Crippen LogP contribution in [0, 0.1) is 10.8 Å². The van der Waals surface area contributed by atoms with Crippen LogP contribution in [-0.2, 0) is 4.79 Å². The Morgan fingerprint density at radius 3 is 1.88 bits per heavy atom. The lowest BCUT2D eigenvalue weighted by molar-refractivity contribution is -0.227. The van der Waals surface area contributed by atoms with Crippen molar-refractivity contribution in [3.8, 4) is 0 Å². The number of alkyl halides is 3. The first-order valence-corrected chi connectivity index (χ1v) is 5.39. The number of nitrogens with one attached hydrogen (secondary N) is 1. The summed E-state index contributed by atoms with van der Waals surface area (Å²) < 4.78 is 36.2. The molecule has 0 spiro atoms. The largest absolute Gasteiger partial charge is 0.471 e. The summed E-state index contributed by atoms with van der Waals surface area (Å²) in [6.45, 7) is 6.30. The van der Waals surface area contributed by atoms with E-state index in [4.69, 9.17) is 0 Å². The van der Waals surface area contributed by atoms with Gasteiger partial charge in [-0.1, -0.05) is 20.8 Å². The van der Waals surface area contributed by atoms with Gasteiger partial charge in [-0.3, -0.25) is 4.79 Å². The molecule has 2 nitrogen and oxygen atoms in total. The van der Waals surface area contributed by atoms with Crippen LogP contribution in [0.5, 0.6) is 0 Å². The highest BCUT2D eigenvalue weighted by atomic mass is 19.4. The normalized spacial score (nSPS) is 37.4. The molecule has 0 aromatic heterocycles. The Morgan fingerprint density at radius 1 is 1.12 bits per heavy atom. The first kappa shape index (κ1) is 11.7. The van der Waals surface area contributed by atoms with Gasteiger partial charge in [-0.15, -0.1) is 0 Å². The van der Waals surface area contributed by atoms with Gasteiger partial charge in [0.25, 0.3) is 0 Å². The van der Waals surface area contributed by atoms with Gasteiger partial charge in [0.15, 0.2) is 0 Å². The molecule has 92 valence electrons. The van der Waals surface area contributed by atoms with Crippen LogP contribution in [-0.4, -0.2) is 17.6 Å². The van der Waals surface area contributed by atoms with Crippen LogP contribution in [0.4, 0.5) is 13.2 Å². The van der Waals surface area contributed by atoms with Gasteiger partial charge in [-0.25, -0.2) is 0 Å². The SMILES string of the molecule is CC(C)(C)C12CC(NC(=O)C(F)(F)F)(C1)C2. The summed E-state index contributed by atoms with van der Waals surface area (Å²) in [5, 5.41) is 2.13. The van der Waals surface area contributed by atoms with E-state index in [9.17, 15) is 18.0 Å². The summed E-state index contributed by atoms with van der Waals surface area (Å²) in [6, 6.07) is 0. The molecule has 5 heteroatoms. The van der Waals surface area contributed by atoms with Gasteiger partial charge in [0, 0.05) is 5.54 Å². The average Bonchev–Trinajstić information content (AvgIpc) is 1.87. The number of hydrogen-bond donors (Lipinski definition) is 1. The lowest BCUT2D eigenvalue weighted by Crippen LogP contribution is -2.78. The molecule has 0 unspecified atom stereocenters. The summed E-state index contributed by atoms with van der Waals surface area (Å²) in [4.78, 5) is 10.8. The van der Waals surface area contributed by atoms with Gasteiger partial charge in [0.1, 0.15) is 0 Å². The molecule has 0 saturated heterocycles. The van der Waals surface area contributed by atoms with E-state index >= 15 is 0 Å². The molecular formula is C11H16F3NO. The number of carbonyl (C=O) groups excluding carboxylic acids is 1. The van der Waals surface area contributed by atoms with Crippen molar-refractivity contribution in [3.05, 3.63) is 0 Å². The molecule has 0 aliphatic heterocycles. The summed E-state index contributed by atoms with van der Waals surface area (Å²) >= 11 is 0.